The highest BCUT2D eigenvalue weighted by Crippen LogP contribution is 2.66. The normalized spacial score (nSPS) is 37.0. The molecule has 1 aromatic carbocycles. The van der Waals surface area contributed by atoms with E-state index in [-0.39, 0.29) is 5.41 Å². The van der Waals surface area contributed by atoms with Crippen LogP contribution < -0.4 is 0 Å². The lowest BCUT2D eigenvalue weighted by molar-refractivity contribution is -0.149. The van der Waals surface area contributed by atoms with E-state index in [1.54, 1.807) is 0 Å². The molecule has 0 N–H and O–H groups in total. The molecule has 0 aliphatic heterocycles. The van der Waals surface area contributed by atoms with Gasteiger partial charge in [0.15, 0.2) is 13.9 Å². The summed E-state index contributed by atoms with van der Waals surface area (Å²) in [5, 5.41) is 10.5. The van der Waals surface area contributed by atoms with Crippen molar-refractivity contribution in [2.45, 2.75) is 63.8 Å². The van der Waals surface area contributed by atoms with E-state index in [9.17, 15) is 5.26 Å². The molecule has 1 atom stereocenters. The van der Waals surface area contributed by atoms with Crippen LogP contribution in [0.1, 0.15) is 44.1 Å². The van der Waals surface area contributed by atoms with Crippen LogP contribution in [0.25, 0.3) is 0 Å². The summed E-state index contributed by atoms with van der Waals surface area (Å²) in [5.74, 6) is 2.45. The highest BCUT2D eigenvalue weighted by Gasteiger charge is 2.63. The molecule has 24 heavy (non-hydrogen) atoms. The van der Waals surface area contributed by atoms with E-state index in [2.05, 4.69) is 50.0 Å². The highest BCUT2D eigenvalue weighted by atomic mass is 28.4. The van der Waals surface area contributed by atoms with Crippen LogP contribution in [-0.4, -0.2) is 8.32 Å². The third-order valence-corrected chi connectivity index (χ3v) is 7.50. The largest absolute Gasteiger partial charge is 0.396 e. The number of nitriles is 1. The number of hydrogen-bond acceptors (Lipinski definition) is 2. The SMILES string of the molecule is C[Si](C)(C)OC(C#N)(c1ccccc1)C12CC3CC(CC(C3)C1)C2. The monoisotopic (exact) mass is 339 g/mol. The Kier molecular flexibility index (Phi) is 3.71. The smallest absolute Gasteiger partial charge is 0.186 e. The molecule has 1 unspecified atom stereocenters. The average molecular weight is 340 g/mol. The van der Waals surface area contributed by atoms with Gasteiger partial charge >= 0.3 is 0 Å². The van der Waals surface area contributed by atoms with Gasteiger partial charge in [-0.2, -0.15) is 5.26 Å². The Bertz CT molecular complexity index is 621. The van der Waals surface area contributed by atoms with Crippen LogP contribution in [-0.2, 0) is 10.0 Å². The van der Waals surface area contributed by atoms with Crippen molar-refractivity contribution in [2.75, 3.05) is 0 Å². The Labute approximate surface area is 147 Å². The Morgan fingerprint density at radius 1 is 1.00 bits per heavy atom. The zero-order chi connectivity index (χ0) is 17.0. The van der Waals surface area contributed by atoms with Gasteiger partial charge in [-0.05, 0) is 81.5 Å². The van der Waals surface area contributed by atoms with E-state index in [0.717, 1.165) is 23.3 Å². The van der Waals surface area contributed by atoms with Gasteiger partial charge in [0.1, 0.15) is 6.07 Å². The van der Waals surface area contributed by atoms with Crippen molar-refractivity contribution in [3.63, 3.8) is 0 Å². The predicted molar refractivity (Wildman–Crippen MR) is 98.8 cm³/mol. The first kappa shape index (κ1) is 16.4. The summed E-state index contributed by atoms with van der Waals surface area (Å²) in [7, 11) is -1.87. The number of benzene rings is 1. The Balaban J connectivity index is 1.85. The van der Waals surface area contributed by atoms with Gasteiger partial charge in [-0.15, -0.1) is 0 Å². The molecule has 4 saturated carbocycles. The van der Waals surface area contributed by atoms with Gasteiger partial charge in [-0.3, -0.25) is 0 Å². The molecule has 4 bridgehead atoms. The molecule has 128 valence electrons. The zero-order valence-corrected chi connectivity index (χ0v) is 16.2. The van der Waals surface area contributed by atoms with Crippen molar-refractivity contribution in [1.82, 2.24) is 0 Å². The van der Waals surface area contributed by atoms with E-state index < -0.39 is 13.9 Å². The molecule has 1 aromatic rings. The summed E-state index contributed by atoms with van der Waals surface area (Å²) in [6.07, 6.45) is 7.73. The quantitative estimate of drug-likeness (QED) is 0.681. The Morgan fingerprint density at radius 3 is 1.92 bits per heavy atom. The molecule has 0 spiro atoms. The van der Waals surface area contributed by atoms with Crippen LogP contribution in [0.5, 0.6) is 0 Å². The second kappa shape index (κ2) is 5.44. The van der Waals surface area contributed by atoms with Crippen molar-refractivity contribution in [2.24, 2.45) is 23.2 Å². The maximum Gasteiger partial charge on any atom is 0.186 e. The standard InChI is InChI=1S/C21H29NOSi/c1-24(2,3)23-21(15-22,19-7-5-4-6-8-19)20-12-16-9-17(13-20)11-18(10-16)14-20/h4-8,16-18H,9-14H2,1-3H3. The van der Waals surface area contributed by atoms with Gasteiger partial charge < -0.3 is 4.43 Å². The van der Waals surface area contributed by atoms with Crippen LogP contribution in [0.15, 0.2) is 30.3 Å². The Hall–Kier alpha value is -1.11. The van der Waals surface area contributed by atoms with Gasteiger partial charge in [0.25, 0.3) is 0 Å². The van der Waals surface area contributed by atoms with Crippen LogP contribution in [0.4, 0.5) is 0 Å². The predicted octanol–water partition coefficient (Wildman–Crippen LogP) is 5.47. The minimum atomic E-state index is -1.87. The van der Waals surface area contributed by atoms with E-state index in [0.29, 0.717) is 0 Å². The summed E-state index contributed by atoms with van der Waals surface area (Å²) < 4.78 is 6.82. The minimum Gasteiger partial charge on any atom is -0.396 e. The fraction of sp³-hybridized carbons (Fsp3) is 0.667. The van der Waals surface area contributed by atoms with Crippen LogP contribution in [0.3, 0.4) is 0 Å². The molecule has 3 heteroatoms. The molecule has 5 rings (SSSR count). The highest BCUT2D eigenvalue weighted by molar-refractivity contribution is 6.69. The van der Waals surface area contributed by atoms with Crippen LogP contribution in [0.2, 0.25) is 19.6 Å². The second-order valence-corrected chi connectivity index (χ2v) is 14.0. The Morgan fingerprint density at radius 2 is 1.50 bits per heavy atom. The second-order valence-electron chi connectivity index (χ2n) is 9.57. The molecule has 0 aromatic heterocycles. The third-order valence-electron chi connectivity index (χ3n) is 6.58. The van der Waals surface area contributed by atoms with Crippen molar-refractivity contribution in [3.8, 4) is 6.07 Å². The molecule has 0 heterocycles. The first-order chi connectivity index (χ1) is 11.4. The molecule has 4 aliphatic carbocycles. The lowest BCUT2D eigenvalue weighted by atomic mass is 9.45. The maximum absolute atomic E-state index is 10.5. The van der Waals surface area contributed by atoms with E-state index in [1.165, 1.54) is 38.5 Å². The first-order valence-corrected chi connectivity index (χ1v) is 12.9. The number of hydrogen-bond donors (Lipinski definition) is 0. The number of nitrogens with zero attached hydrogens (tertiary/aromatic N) is 1. The van der Waals surface area contributed by atoms with Gasteiger partial charge in [0, 0.05) is 5.41 Å². The summed E-state index contributed by atoms with van der Waals surface area (Å²) in [6.45, 7) is 6.67. The lowest BCUT2D eigenvalue weighted by Crippen LogP contribution is -2.59. The summed E-state index contributed by atoms with van der Waals surface area (Å²) in [4.78, 5) is 0. The molecule has 0 radical (unpaired) electrons. The van der Waals surface area contributed by atoms with Gasteiger partial charge in [-0.25, -0.2) is 0 Å². The zero-order valence-electron chi connectivity index (χ0n) is 15.2. The molecular weight excluding hydrogens is 310 g/mol. The molecular formula is C21H29NOSi. The fourth-order valence-electron chi connectivity index (χ4n) is 6.35. The van der Waals surface area contributed by atoms with Crippen molar-refractivity contribution in [3.05, 3.63) is 35.9 Å². The molecule has 0 saturated heterocycles. The summed E-state index contributed by atoms with van der Waals surface area (Å²) in [5.41, 5.74) is 0.365. The van der Waals surface area contributed by atoms with E-state index in [4.69, 9.17) is 4.43 Å². The first-order valence-electron chi connectivity index (χ1n) is 9.53. The summed E-state index contributed by atoms with van der Waals surface area (Å²) in [6, 6.07) is 13.2. The third kappa shape index (κ3) is 2.47. The van der Waals surface area contributed by atoms with Crippen molar-refractivity contribution < 1.29 is 4.43 Å². The molecule has 4 fully saturated rings. The van der Waals surface area contributed by atoms with Gasteiger partial charge in [-0.1, -0.05) is 30.3 Å². The van der Waals surface area contributed by atoms with Crippen molar-refractivity contribution >= 4 is 8.32 Å². The molecule has 4 aliphatic rings. The fourth-order valence-corrected chi connectivity index (χ4v) is 7.65. The summed E-state index contributed by atoms with van der Waals surface area (Å²) >= 11 is 0. The average Bonchev–Trinajstić information content (AvgIpc) is 2.51. The minimum absolute atomic E-state index is 0.0259. The van der Waals surface area contributed by atoms with E-state index >= 15 is 0 Å². The van der Waals surface area contributed by atoms with Crippen LogP contribution >= 0.6 is 0 Å². The van der Waals surface area contributed by atoms with Gasteiger partial charge in [0.05, 0.1) is 0 Å². The lowest BCUT2D eigenvalue weighted by Gasteiger charge is -2.62. The topological polar surface area (TPSA) is 33.0 Å². The van der Waals surface area contributed by atoms with E-state index in [1.807, 2.05) is 6.07 Å². The van der Waals surface area contributed by atoms with Crippen molar-refractivity contribution in [1.29, 1.82) is 5.26 Å². The molecule has 0 amide bonds. The van der Waals surface area contributed by atoms with Crippen LogP contribution in [0, 0.1) is 34.5 Å². The number of rotatable bonds is 4. The molecule has 2 nitrogen and oxygen atoms in total. The van der Waals surface area contributed by atoms with Gasteiger partial charge in [0.2, 0.25) is 0 Å². The maximum atomic E-state index is 10.5.